The van der Waals surface area contributed by atoms with E-state index in [0.29, 0.717) is 21.5 Å². The summed E-state index contributed by atoms with van der Waals surface area (Å²) in [6.07, 6.45) is 0. The van der Waals surface area contributed by atoms with Crippen molar-refractivity contribution in [2.45, 2.75) is 16.9 Å². The number of nitrogens with two attached hydrogens (primary N) is 1. The van der Waals surface area contributed by atoms with E-state index >= 15 is 0 Å². The van der Waals surface area contributed by atoms with Crippen molar-refractivity contribution < 1.29 is 4.92 Å². The van der Waals surface area contributed by atoms with Crippen LogP contribution in [0.5, 0.6) is 0 Å². The molecule has 2 aromatic rings. The van der Waals surface area contributed by atoms with Crippen molar-refractivity contribution in [3.05, 3.63) is 44.6 Å². The van der Waals surface area contributed by atoms with E-state index in [4.69, 9.17) is 17.3 Å². The molecule has 0 saturated carbocycles. The summed E-state index contributed by atoms with van der Waals surface area (Å²) in [6, 6.07) is 4.69. The smallest absolute Gasteiger partial charge is 0.274 e. The molecule has 0 fully saturated rings. The molecule has 0 unspecified atom stereocenters. The lowest BCUT2D eigenvalue weighted by molar-refractivity contribution is -0.385. The van der Waals surface area contributed by atoms with E-state index in [1.54, 1.807) is 12.1 Å². The standard InChI is InChI=1S/C11H10ClN3O2S2/c1-6-10(19-11(13)14-6)18-5-7-2-3-8(12)4-9(7)15(16)17/h2-4H,5H2,1H3,(H2,13,14). The van der Waals surface area contributed by atoms with Crippen LogP contribution in [0.4, 0.5) is 10.8 Å². The molecule has 0 spiro atoms. The summed E-state index contributed by atoms with van der Waals surface area (Å²) in [4.78, 5) is 14.7. The predicted octanol–water partition coefficient (Wildman–Crippen LogP) is 3.89. The Morgan fingerprint density at radius 1 is 1.58 bits per heavy atom. The van der Waals surface area contributed by atoms with Crippen LogP contribution in [0.15, 0.2) is 22.4 Å². The van der Waals surface area contributed by atoms with Gasteiger partial charge in [-0.15, -0.1) is 11.8 Å². The van der Waals surface area contributed by atoms with E-state index in [1.165, 1.54) is 29.2 Å². The van der Waals surface area contributed by atoms with Crippen LogP contribution >= 0.6 is 34.7 Å². The van der Waals surface area contributed by atoms with Gasteiger partial charge < -0.3 is 5.73 Å². The number of anilines is 1. The van der Waals surface area contributed by atoms with Gasteiger partial charge in [-0.05, 0) is 19.1 Å². The van der Waals surface area contributed by atoms with Gasteiger partial charge in [-0.2, -0.15) is 0 Å². The van der Waals surface area contributed by atoms with E-state index in [2.05, 4.69) is 4.98 Å². The molecule has 19 heavy (non-hydrogen) atoms. The van der Waals surface area contributed by atoms with Crippen LogP contribution in [0.25, 0.3) is 0 Å². The van der Waals surface area contributed by atoms with Crippen LogP contribution in [-0.2, 0) is 5.75 Å². The van der Waals surface area contributed by atoms with Crippen molar-refractivity contribution in [3.63, 3.8) is 0 Å². The minimum Gasteiger partial charge on any atom is -0.375 e. The van der Waals surface area contributed by atoms with Crippen LogP contribution in [0.3, 0.4) is 0 Å². The SMILES string of the molecule is Cc1nc(N)sc1SCc1ccc(Cl)cc1[N+](=O)[O-]. The second kappa shape index (κ2) is 5.77. The summed E-state index contributed by atoms with van der Waals surface area (Å²) < 4.78 is 0.974. The second-order valence-corrected chi connectivity index (χ2v) is 6.45. The Labute approximate surface area is 122 Å². The molecule has 5 nitrogen and oxygen atoms in total. The highest BCUT2D eigenvalue weighted by Crippen LogP contribution is 2.35. The van der Waals surface area contributed by atoms with Crippen molar-refractivity contribution in [1.29, 1.82) is 0 Å². The third-order valence-corrected chi connectivity index (χ3v) is 5.01. The summed E-state index contributed by atoms with van der Waals surface area (Å²) in [5, 5.41) is 11.8. The van der Waals surface area contributed by atoms with Crippen molar-refractivity contribution in [2.24, 2.45) is 0 Å². The molecule has 1 aromatic heterocycles. The van der Waals surface area contributed by atoms with Gasteiger partial charge in [-0.1, -0.05) is 22.9 Å². The molecule has 0 aliphatic heterocycles. The average molecular weight is 316 g/mol. The number of hydrogen-bond donors (Lipinski definition) is 1. The third kappa shape index (κ3) is 3.37. The number of thiazole rings is 1. The van der Waals surface area contributed by atoms with E-state index in [0.717, 1.165) is 9.90 Å². The molecular formula is C11H10ClN3O2S2. The fourth-order valence-electron chi connectivity index (χ4n) is 1.51. The average Bonchev–Trinajstić information content (AvgIpc) is 2.66. The maximum Gasteiger partial charge on any atom is 0.274 e. The van der Waals surface area contributed by atoms with Crippen LogP contribution in [0.2, 0.25) is 5.02 Å². The number of thioether (sulfide) groups is 1. The Morgan fingerprint density at radius 2 is 2.32 bits per heavy atom. The Balaban J connectivity index is 2.20. The molecule has 0 aliphatic rings. The zero-order chi connectivity index (χ0) is 14.0. The molecule has 1 heterocycles. The lowest BCUT2D eigenvalue weighted by atomic mass is 10.2. The summed E-state index contributed by atoms with van der Waals surface area (Å²) >= 11 is 8.64. The Hall–Kier alpha value is -1.31. The van der Waals surface area contributed by atoms with Crippen molar-refractivity contribution in [3.8, 4) is 0 Å². The fourth-order valence-corrected chi connectivity index (χ4v) is 3.69. The Kier molecular flexibility index (Phi) is 4.28. The second-order valence-electron chi connectivity index (χ2n) is 3.74. The first-order valence-corrected chi connectivity index (χ1v) is 7.44. The number of aromatic nitrogens is 1. The van der Waals surface area contributed by atoms with Crippen LogP contribution in [-0.4, -0.2) is 9.91 Å². The van der Waals surface area contributed by atoms with Gasteiger partial charge in [0, 0.05) is 22.4 Å². The first-order chi connectivity index (χ1) is 8.97. The molecule has 100 valence electrons. The number of rotatable bonds is 4. The Bertz CT molecular complexity index is 630. The lowest BCUT2D eigenvalue weighted by Crippen LogP contribution is -1.94. The topological polar surface area (TPSA) is 82.0 Å². The van der Waals surface area contributed by atoms with Gasteiger partial charge in [0.2, 0.25) is 0 Å². The minimum absolute atomic E-state index is 0.0372. The molecule has 8 heteroatoms. The first kappa shape index (κ1) is 14.1. The molecule has 1 aromatic carbocycles. The number of benzene rings is 1. The van der Waals surface area contributed by atoms with Gasteiger partial charge in [-0.25, -0.2) is 4.98 Å². The highest BCUT2D eigenvalue weighted by atomic mass is 35.5. The molecular weight excluding hydrogens is 306 g/mol. The monoisotopic (exact) mass is 315 g/mol. The van der Waals surface area contributed by atoms with Gasteiger partial charge in [-0.3, -0.25) is 10.1 Å². The number of halogens is 1. The number of nitro benzene ring substituents is 1. The first-order valence-electron chi connectivity index (χ1n) is 5.26. The molecule has 0 bridgehead atoms. The van der Waals surface area contributed by atoms with Crippen molar-refractivity contribution in [1.82, 2.24) is 4.98 Å². The lowest BCUT2D eigenvalue weighted by Gasteiger charge is -2.02. The quantitative estimate of drug-likeness (QED) is 0.526. The summed E-state index contributed by atoms with van der Waals surface area (Å²) in [6.45, 7) is 1.87. The molecule has 0 saturated heterocycles. The number of hydrogen-bond acceptors (Lipinski definition) is 6. The number of nitro groups is 1. The predicted molar refractivity (Wildman–Crippen MR) is 78.9 cm³/mol. The van der Waals surface area contributed by atoms with Gasteiger partial charge in [0.25, 0.3) is 5.69 Å². The molecule has 2 N–H and O–H groups in total. The Morgan fingerprint density at radius 3 is 2.89 bits per heavy atom. The van der Waals surface area contributed by atoms with E-state index in [1.807, 2.05) is 6.92 Å². The maximum atomic E-state index is 11.0. The van der Waals surface area contributed by atoms with Crippen molar-refractivity contribution in [2.75, 3.05) is 5.73 Å². The molecule has 0 amide bonds. The molecule has 0 atom stereocenters. The largest absolute Gasteiger partial charge is 0.375 e. The molecule has 0 radical (unpaired) electrons. The summed E-state index contributed by atoms with van der Waals surface area (Å²) in [5.41, 5.74) is 7.13. The third-order valence-electron chi connectivity index (χ3n) is 2.37. The number of nitrogen functional groups attached to an aromatic ring is 1. The maximum absolute atomic E-state index is 11.0. The fraction of sp³-hybridized carbons (Fsp3) is 0.182. The summed E-state index contributed by atoms with van der Waals surface area (Å²) in [5.74, 6) is 0.482. The number of nitrogens with zero attached hydrogens (tertiary/aromatic N) is 2. The van der Waals surface area contributed by atoms with Gasteiger partial charge in [0.15, 0.2) is 5.13 Å². The van der Waals surface area contributed by atoms with Crippen LogP contribution in [0, 0.1) is 17.0 Å². The zero-order valence-corrected chi connectivity index (χ0v) is 12.3. The zero-order valence-electron chi connectivity index (χ0n) is 9.92. The van der Waals surface area contributed by atoms with Crippen molar-refractivity contribution >= 4 is 45.5 Å². The van der Waals surface area contributed by atoms with E-state index in [-0.39, 0.29) is 5.69 Å². The molecule has 2 rings (SSSR count). The molecule has 0 aliphatic carbocycles. The summed E-state index contributed by atoms with van der Waals surface area (Å²) in [7, 11) is 0. The highest BCUT2D eigenvalue weighted by molar-refractivity contribution is 8.00. The van der Waals surface area contributed by atoms with Gasteiger partial charge in [0.1, 0.15) is 0 Å². The normalized spacial score (nSPS) is 10.6. The van der Waals surface area contributed by atoms with E-state index in [9.17, 15) is 10.1 Å². The number of aryl methyl sites for hydroxylation is 1. The highest BCUT2D eigenvalue weighted by Gasteiger charge is 2.15. The minimum atomic E-state index is -0.421. The van der Waals surface area contributed by atoms with Crippen LogP contribution < -0.4 is 5.73 Å². The van der Waals surface area contributed by atoms with Gasteiger partial charge in [0.05, 0.1) is 14.8 Å². The van der Waals surface area contributed by atoms with E-state index < -0.39 is 4.92 Å². The van der Waals surface area contributed by atoms with Gasteiger partial charge >= 0.3 is 0 Å². The van der Waals surface area contributed by atoms with Crippen LogP contribution in [0.1, 0.15) is 11.3 Å².